The van der Waals surface area contributed by atoms with E-state index < -0.39 is 0 Å². The summed E-state index contributed by atoms with van der Waals surface area (Å²) in [5, 5.41) is 3.27. The maximum Gasteiger partial charge on any atom is 0.229 e. The Morgan fingerprint density at radius 1 is 1.29 bits per heavy atom. The van der Waals surface area contributed by atoms with Crippen molar-refractivity contribution in [1.82, 2.24) is 15.0 Å². The molecule has 0 aromatic carbocycles. The van der Waals surface area contributed by atoms with E-state index >= 15 is 0 Å². The molecule has 1 fully saturated rings. The summed E-state index contributed by atoms with van der Waals surface area (Å²) in [4.78, 5) is 26.6. The zero-order valence-electron chi connectivity index (χ0n) is 13.1. The highest BCUT2D eigenvalue weighted by Crippen LogP contribution is 2.28. The number of hydrogen-bond acceptors (Lipinski definition) is 6. The van der Waals surface area contributed by atoms with E-state index in [1.165, 1.54) is 0 Å². The predicted octanol–water partition coefficient (Wildman–Crippen LogP) is 1.13. The van der Waals surface area contributed by atoms with Gasteiger partial charge in [-0.2, -0.15) is 15.0 Å². The Labute approximate surface area is 125 Å². The van der Waals surface area contributed by atoms with Gasteiger partial charge in [0, 0.05) is 26.1 Å². The first-order valence-corrected chi connectivity index (χ1v) is 7.37. The Bertz CT molecular complexity index is 490. The lowest BCUT2D eigenvalue weighted by molar-refractivity contribution is -0.121. The van der Waals surface area contributed by atoms with Crippen LogP contribution in [-0.2, 0) is 4.79 Å². The van der Waals surface area contributed by atoms with Crippen LogP contribution in [0.1, 0.15) is 44.9 Å². The van der Waals surface area contributed by atoms with Crippen LogP contribution in [0.5, 0.6) is 0 Å². The number of amides is 1. The Kier molecular flexibility index (Phi) is 4.59. The first-order chi connectivity index (χ1) is 9.88. The van der Waals surface area contributed by atoms with E-state index in [2.05, 4.69) is 20.3 Å². The molecule has 3 N–H and O–H groups in total. The molecule has 0 unspecified atom stereocenters. The fourth-order valence-electron chi connectivity index (χ4n) is 2.54. The molecular formula is C14H24N6O. The second kappa shape index (κ2) is 6.24. The molecule has 7 nitrogen and oxygen atoms in total. The molecule has 1 aromatic rings. The largest absolute Gasteiger partial charge is 0.369 e. The molecule has 0 bridgehead atoms. The summed E-state index contributed by atoms with van der Waals surface area (Å²) in [5.74, 6) is 1.69. The van der Waals surface area contributed by atoms with Gasteiger partial charge in [-0.05, 0) is 12.8 Å². The van der Waals surface area contributed by atoms with Crippen LogP contribution in [0, 0.1) is 5.92 Å². The molecular weight excluding hydrogens is 268 g/mol. The minimum absolute atomic E-state index is 0.0138. The molecule has 1 aliphatic carbocycles. The number of nitrogens with two attached hydrogens (primary N) is 1. The second-order valence-corrected chi connectivity index (χ2v) is 6.06. The van der Waals surface area contributed by atoms with E-state index in [1.54, 1.807) is 0 Å². The molecule has 1 heterocycles. The van der Waals surface area contributed by atoms with Crippen LogP contribution in [0.3, 0.4) is 0 Å². The van der Waals surface area contributed by atoms with E-state index in [1.807, 2.05) is 32.8 Å². The summed E-state index contributed by atoms with van der Waals surface area (Å²) in [6, 6.07) is 0.0138. The smallest absolute Gasteiger partial charge is 0.229 e. The highest BCUT2D eigenvalue weighted by Gasteiger charge is 2.32. The van der Waals surface area contributed by atoms with Gasteiger partial charge in [0.25, 0.3) is 0 Å². The molecule has 0 aliphatic heterocycles. The molecule has 0 radical (unpaired) electrons. The Hall–Kier alpha value is -1.92. The zero-order chi connectivity index (χ0) is 15.6. The summed E-state index contributed by atoms with van der Waals surface area (Å²) in [7, 11) is 3.79. The third-order valence-electron chi connectivity index (χ3n) is 3.75. The van der Waals surface area contributed by atoms with Gasteiger partial charge >= 0.3 is 0 Å². The van der Waals surface area contributed by atoms with Gasteiger partial charge in [0.05, 0.1) is 5.92 Å². The van der Waals surface area contributed by atoms with Crippen LogP contribution in [0.4, 0.5) is 11.9 Å². The third kappa shape index (κ3) is 3.59. The van der Waals surface area contributed by atoms with Gasteiger partial charge in [0.1, 0.15) is 5.82 Å². The first-order valence-electron chi connectivity index (χ1n) is 7.37. The summed E-state index contributed by atoms with van der Waals surface area (Å²) in [6.45, 7) is 4.08. The Morgan fingerprint density at radius 3 is 2.57 bits per heavy atom. The summed E-state index contributed by atoms with van der Waals surface area (Å²) in [5.41, 5.74) is 5.46. The van der Waals surface area contributed by atoms with Crippen molar-refractivity contribution in [3.63, 3.8) is 0 Å². The minimum atomic E-state index is -0.254. The van der Waals surface area contributed by atoms with Crippen molar-refractivity contribution in [2.24, 2.45) is 11.7 Å². The number of nitrogens with zero attached hydrogens (tertiary/aromatic N) is 4. The number of anilines is 2. The molecule has 0 spiro atoms. The molecule has 1 amide bonds. The van der Waals surface area contributed by atoms with Gasteiger partial charge in [-0.25, -0.2) is 0 Å². The topological polar surface area (TPSA) is 97.0 Å². The number of aromatic nitrogens is 3. The van der Waals surface area contributed by atoms with Gasteiger partial charge in [-0.15, -0.1) is 0 Å². The van der Waals surface area contributed by atoms with Crippen molar-refractivity contribution in [2.75, 3.05) is 24.3 Å². The second-order valence-electron chi connectivity index (χ2n) is 6.06. The normalized spacial score (nSPS) is 21.6. The number of carbonyl (C=O) groups is 1. The van der Waals surface area contributed by atoms with Crippen LogP contribution < -0.4 is 16.0 Å². The number of rotatable bonds is 5. The number of hydrogen-bond donors (Lipinski definition) is 2. The molecule has 7 heteroatoms. The maximum atomic E-state index is 11.5. The van der Waals surface area contributed by atoms with Crippen molar-refractivity contribution >= 4 is 17.8 Å². The predicted molar refractivity (Wildman–Crippen MR) is 82.2 cm³/mol. The molecule has 2 rings (SSSR count). The monoisotopic (exact) mass is 292 g/mol. The molecule has 21 heavy (non-hydrogen) atoms. The van der Waals surface area contributed by atoms with Crippen LogP contribution in [0.15, 0.2) is 0 Å². The van der Waals surface area contributed by atoms with Crippen LogP contribution in [0.2, 0.25) is 0 Å². The summed E-state index contributed by atoms with van der Waals surface area (Å²) >= 11 is 0. The van der Waals surface area contributed by atoms with Gasteiger partial charge < -0.3 is 16.0 Å². The molecule has 2 atom stereocenters. The highest BCUT2D eigenvalue weighted by molar-refractivity contribution is 5.78. The zero-order valence-corrected chi connectivity index (χ0v) is 13.1. The molecule has 0 saturated heterocycles. The Balaban J connectivity index is 2.24. The van der Waals surface area contributed by atoms with E-state index in [4.69, 9.17) is 5.73 Å². The lowest BCUT2D eigenvalue weighted by atomic mass is 10.0. The number of nitrogens with one attached hydrogen (secondary N) is 1. The molecule has 1 aliphatic rings. The average Bonchev–Trinajstić information content (AvgIpc) is 2.86. The Morgan fingerprint density at radius 2 is 2.00 bits per heavy atom. The van der Waals surface area contributed by atoms with Crippen molar-refractivity contribution in [3.8, 4) is 0 Å². The fourth-order valence-corrected chi connectivity index (χ4v) is 2.54. The van der Waals surface area contributed by atoms with E-state index in [0.717, 1.165) is 25.1 Å². The quantitative estimate of drug-likeness (QED) is 0.844. The number of carbonyl (C=O) groups excluding carboxylic acids is 1. The highest BCUT2D eigenvalue weighted by atomic mass is 16.1. The SMILES string of the molecule is CC(C)c1nc(N[C@H]2CCC[C@H]2C(N)=O)nc(N(C)C)n1. The molecule has 1 aromatic heterocycles. The van der Waals surface area contributed by atoms with Crippen LogP contribution >= 0.6 is 0 Å². The lowest BCUT2D eigenvalue weighted by Gasteiger charge is -2.20. The summed E-state index contributed by atoms with van der Waals surface area (Å²) < 4.78 is 0. The van der Waals surface area contributed by atoms with Gasteiger partial charge in [0.15, 0.2) is 0 Å². The number of primary amides is 1. The lowest BCUT2D eigenvalue weighted by Crippen LogP contribution is -2.35. The van der Waals surface area contributed by atoms with Crippen molar-refractivity contribution < 1.29 is 4.79 Å². The van der Waals surface area contributed by atoms with Crippen molar-refractivity contribution in [2.45, 2.75) is 45.1 Å². The third-order valence-corrected chi connectivity index (χ3v) is 3.75. The fraction of sp³-hybridized carbons (Fsp3) is 0.714. The van der Waals surface area contributed by atoms with E-state index in [0.29, 0.717) is 11.9 Å². The minimum Gasteiger partial charge on any atom is -0.369 e. The van der Waals surface area contributed by atoms with Crippen molar-refractivity contribution in [1.29, 1.82) is 0 Å². The first kappa shape index (κ1) is 15.5. The van der Waals surface area contributed by atoms with Gasteiger partial charge in [0.2, 0.25) is 17.8 Å². The maximum absolute atomic E-state index is 11.5. The van der Waals surface area contributed by atoms with Gasteiger partial charge in [-0.3, -0.25) is 4.79 Å². The van der Waals surface area contributed by atoms with Crippen LogP contribution in [0.25, 0.3) is 0 Å². The average molecular weight is 292 g/mol. The summed E-state index contributed by atoms with van der Waals surface area (Å²) in [6.07, 6.45) is 2.73. The molecule has 116 valence electrons. The standard InChI is InChI=1S/C14H24N6O/c1-8(2)12-17-13(19-14(18-12)20(3)4)16-10-7-5-6-9(10)11(15)21/h8-10H,5-7H2,1-4H3,(H2,15,21)(H,16,17,18,19)/t9-,10+/m1/s1. The van der Waals surface area contributed by atoms with E-state index in [-0.39, 0.29) is 23.8 Å². The molecule has 1 saturated carbocycles. The van der Waals surface area contributed by atoms with Crippen molar-refractivity contribution in [3.05, 3.63) is 5.82 Å². The van der Waals surface area contributed by atoms with Crippen LogP contribution in [-0.4, -0.2) is 41.0 Å². The van der Waals surface area contributed by atoms with E-state index in [9.17, 15) is 4.79 Å². The van der Waals surface area contributed by atoms with Gasteiger partial charge in [-0.1, -0.05) is 20.3 Å².